The highest BCUT2D eigenvalue weighted by atomic mass is 32.2. The maximum Gasteiger partial charge on any atom is 0.0841 e. The third-order valence-corrected chi connectivity index (χ3v) is 3.98. The van der Waals surface area contributed by atoms with E-state index in [9.17, 15) is 0 Å². The van der Waals surface area contributed by atoms with Crippen molar-refractivity contribution in [3.63, 3.8) is 0 Å². The zero-order valence-corrected chi connectivity index (χ0v) is 12.7. The SMILES string of the molecule is CCn1nc(CNCCCCSC)c2ccccc21. The minimum absolute atomic E-state index is 0.868. The molecule has 2 rings (SSSR count). The number of nitrogens with zero attached hydrogens (tertiary/aromatic N) is 2. The zero-order chi connectivity index (χ0) is 13.5. The van der Waals surface area contributed by atoms with E-state index in [2.05, 4.69) is 47.4 Å². The number of thioether (sulfide) groups is 1. The molecular weight excluding hydrogens is 254 g/mol. The quantitative estimate of drug-likeness (QED) is 0.751. The van der Waals surface area contributed by atoms with Crippen LogP contribution < -0.4 is 5.32 Å². The minimum atomic E-state index is 0.868. The predicted octanol–water partition coefficient (Wildman–Crippen LogP) is 3.29. The standard InChI is InChI=1S/C15H23N3S/c1-3-18-15-9-5-4-8-13(15)14(17-18)12-16-10-6-7-11-19-2/h4-5,8-9,16H,3,6-7,10-12H2,1-2H3. The van der Waals surface area contributed by atoms with Crippen molar-refractivity contribution in [3.8, 4) is 0 Å². The molecule has 0 unspecified atom stereocenters. The number of fused-ring (bicyclic) bond motifs is 1. The summed E-state index contributed by atoms with van der Waals surface area (Å²) in [5, 5.41) is 9.48. The number of aryl methyl sites for hydroxylation is 1. The Labute approximate surface area is 119 Å². The van der Waals surface area contributed by atoms with Crippen molar-refractivity contribution in [2.24, 2.45) is 0 Å². The normalized spacial score (nSPS) is 11.3. The molecule has 0 radical (unpaired) electrons. The second-order valence-corrected chi connectivity index (χ2v) is 5.64. The Bertz CT molecular complexity index is 507. The molecule has 1 aromatic heterocycles. The second-order valence-electron chi connectivity index (χ2n) is 4.66. The molecule has 1 heterocycles. The minimum Gasteiger partial charge on any atom is -0.311 e. The summed E-state index contributed by atoms with van der Waals surface area (Å²) in [7, 11) is 0. The van der Waals surface area contributed by atoms with Crippen LogP contribution >= 0.6 is 11.8 Å². The van der Waals surface area contributed by atoms with Crippen molar-refractivity contribution < 1.29 is 0 Å². The van der Waals surface area contributed by atoms with Gasteiger partial charge in [-0.3, -0.25) is 4.68 Å². The third-order valence-electron chi connectivity index (χ3n) is 3.28. The van der Waals surface area contributed by atoms with Crippen molar-refractivity contribution in [3.05, 3.63) is 30.0 Å². The lowest BCUT2D eigenvalue weighted by Gasteiger charge is -2.02. The van der Waals surface area contributed by atoms with Gasteiger partial charge in [-0.25, -0.2) is 0 Å². The fraction of sp³-hybridized carbons (Fsp3) is 0.533. The number of unbranched alkanes of at least 4 members (excludes halogenated alkanes) is 1. The first-order chi connectivity index (χ1) is 9.36. The van der Waals surface area contributed by atoms with E-state index in [4.69, 9.17) is 5.10 Å². The number of para-hydroxylation sites is 1. The first-order valence-corrected chi connectivity index (χ1v) is 8.40. The molecular formula is C15H23N3S. The van der Waals surface area contributed by atoms with Crippen molar-refractivity contribution in [1.29, 1.82) is 0 Å². The fourth-order valence-corrected chi connectivity index (χ4v) is 2.76. The van der Waals surface area contributed by atoms with Gasteiger partial charge in [0.1, 0.15) is 0 Å². The molecule has 0 atom stereocenters. The lowest BCUT2D eigenvalue weighted by atomic mass is 10.2. The molecule has 0 saturated heterocycles. The second kappa shape index (κ2) is 7.56. The molecule has 0 bridgehead atoms. The highest BCUT2D eigenvalue weighted by Crippen LogP contribution is 2.18. The number of benzene rings is 1. The number of aromatic nitrogens is 2. The van der Waals surface area contributed by atoms with Gasteiger partial charge in [-0.1, -0.05) is 18.2 Å². The van der Waals surface area contributed by atoms with Gasteiger partial charge in [-0.15, -0.1) is 0 Å². The molecule has 0 saturated carbocycles. The molecule has 1 N–H and O–H groups in total. The molecule has 0 fully saturated rings. The average molecular weight is 277 g/mol. The van der Waals surface area contributed by atoms with Crippen LogP contribution in [0.1, 0.15) is 25.5 Å². The molecule has 1 aromatic carbocycles. The van der Waals surface area contributed by atoms with Crippen molar-refractivity contribution in [2.75, 3.05) is 18.6 Å². The summed E-state index contributed by atoms with van der Waals surface area (Å²) in [6.07, 6.45) is 4.70. The van der Waals surface area contributed by atoms with Crippen LogP contribution in [0.4, 0.5) is 0 Å². The average Bonchev–Trinajstić information content (AvgIpc) is 2.81. The highest BCUT2D eigenvalue weighted by molar-refractivity contribution is 7.98. The molecule has 0 aliphatic heterocycles. The molecule has 0 spiro atoms. The van der Waals surface area contributed by atoms with Crippen LogP contribution in [-0.2, 0) is 13.1 Å². The first kappa shape index (κ1) is 14.4. The van der Waals surface area contributed by atoms with Gasteiger partial charge in [-0.05, 0) is 44.4 Å². The zero-order valence-electron chi connectivity index (χ0n) is 11.9. The van der Waals surface area contributed by atoms with Crippen LogP contribution in [0.3, 0.4) is 0 Å². The summed E-state index contributed by atoms with van der Waals surface area (Å²) in [5.74, 6) is 1.26. The van der Waals surface area contributed by atoms with E-state index < -0.39 is 0 Å². The number of hydrogen-bond acceptors (Lipinski definition) is 3. The van der Waals surface area contributed by atoms with Crippen LogP contribution in [0.2, 0.25) is 0 Å². The molecule has 4 heteroatoms. The Morgan fingerprint density at radius 3 is 2.89 bits per heavy atom. The third kappa shape index (κ3) is 3.74. The Hall–Kier alpha value is -1.00. The fourth-order valence-electron chi connectivity index (χ4n) is 2.27. The van der Waals surface area contributed by atoms with Gasteiger partial charge in [0, 0.05) is 18.5 Å². The van der Waals surface area contributed by atoms with E-state index in [-0.39, 0.29) is 0 Å². The summed E-state index contributed by atoms with van der Waals surface area (Å²) in [6, 6.07) is 8.48. The lowest BCUT2D eigenvalue weighted by molar-refractivity contribution is 0.613. The number of nitrogens with one attached hydrogen (secondary N) is 1. The van der Waals surface area contributed by atoms with Gasteiger partial charge in [0.05, 0.1) is 11.2 Å². The van der Waals surface area contributed by atoms with Crippen molar-refractivity contribution >= 4 is 22.7 Å². The highest BCUT2D eigenvalue weighted by Gasteiger charge is 2.07. The first-order valence-electron chi connectivity index (χ1n) is 7.01. The smallest absolute Gasteiger partial charge is 0.0841 e. The van der Waals surface area contributed by atoms with Crippen LogP contribution in [0, 0.1) is 0 Å². The number of hydrogen-bond donors (Lipinski definition) is 1. The van der Waals surface area contributed by atoms with Crippen molar-refractivity contribution in [1.82, 2.24) is 15.1 Å². The Balaban J connectivity index is 1.93. The largest absolute Gasteiger partial charge is 0.311 e. The Morgan fingerprint density at radius 2 is 2.11 bits per heavy atom. The van der Waals surface area contributed by atoms with E-state index in [0.29, 0.717) is 0 Å². The summed E-state index contributed by atoms with van der Waals surface area (Å²) in [4.78, 5) is 0. The van der Waals surface area contributed by atoms with Gasteiger partial charge >= 0.3 is 0 Å². The van der Waals surface area contributed by atoms with Gasteiger partial charge < -0.3 is 5.32 Å². The maximum absolute atomic E-state index is 4.69. The van der Waals surface area contributed by atoms with E-state index in [1.165, 1.54) is 35.2 Å². The van der Waals surface area contributed by atoms with Gasteiger partial charge in [-0.2, -0.15) is 16.9 Å². The summed E-state index contributed by atoms with van der Waals surface area (Å²) < 4.78 is 2.08. The van der Waals surface area contributed by atoms with Crippen LogP contribution in [0.15, 0.2) is 24.3 Å². The van der Waals surface area contributed by atoms with Gasteiger partial charge in [0.25, 0.3) is 0 Å². The van der Waals surface area contributed by atoms with Gasteiger partial charge in [0.15, 0.2) is 0 Å². The molecule has 3 nitrogen and oxygen atoms in total. The van der Waals surface area contributed by atoms with Gasteiger partial charge in [0.2, 0.25) is 0 Å². The predicted molar refractivity (Wildman–Crippen MR) is 84.7 cm³/mol. The maximum atomic E-state index is 4.69. The van der Waals surface area contributed by atoms with Crippen LogP contribution in [0.25, 0.3) is 10.9 Å². The summed E-state index contributed by atoms with van der Waals surface area (Å²) >= 11 is 1.92. The molecule has 104 valence electrons. The molecule has 19 heavy (non-hydrogen) atoms. The topological polar surface area (TPSA) is 29.9 Å². The lowest BCUT2D eigenvalue weighted by Crippen LogP contribution is -2.15. The van der Waals surface area contributed by atoms with E-state index >= 15 is 0 Å². The Morgan fingerprint density at radius 1 is 1.26 bits per heavy atom. The molecule has 0 aliphatic carbocycles. The molecule has 2 aromatic rings. The van der Waals surface area contributed by atoms with E-state index in [1.807, 2.05) is 11.8 Å². The van der Waals surface area contributed by atoms with Crippen LogP contribution in [-0.4, -0.2) is 28.3 Å². The van der Waals surface area contributed by atoms with E-state index in [0.717, 1.165) is 19.6 Å². The van der Waals surface area contributed by atoms with E-state index in [1.54, 1.807) is 0 Å². The Kier molecular flexibility index (Phi) is 5.73. The van der Waals surface area contributed by atoms with Crippen LogP contribution in [0.5, 0.6) is 0 Å². The summed E-state index contributed by atoms with van der Waals surface area (Å²) in [6.45, 7) is 5.01. The monoisotopic (exact) mass is 277 g/mol. The molecule has 0 aliphatic rings. The van der Waals surface area contributed by atoms with Crippen molar-refractivity contribution in [2.45, 2.75) is 32.9 Å². The number of rotatable bonds is 8. The molecule has 0 amide bonds. The summed E-state index contributed by atoms with van der Waals surface area (Å²) in [5.41, 5.74) is 2.41.